The highest BCUT2D eigenvalue weighted by Crippen LogP contribution is 2.19. The molecule has 1 aliphatic heterocycles. The number of benzene rings is 1. The van der Waals surface area contributed by atoms with Crippen molar-refractivity contribution in [2.24, 2.45) is 0 Å². The highest BCUT2D eigenvalue weighted by molar-refractivity contribution is 5.81. The van der Waals surface area contributed by atoms with Crippen molar-refractivity contribution < 1.29 is 4.79 Å². The van der Waals surface area contributed by atoms with Gasteiger partial charge < -0.3 is 5.32 Å². The van der Waals surface area contributed by atoms with Gasteiger partial charge in [-0.2, -0.15) is 0 Å². The molecule has 2 aromatic rings. The molecule has 1 aromatic heterocycles. The van der Waals surface area contributed by atoms with Gasteiger partial charge in [0.1, 0.15) is 5.82 Å². The Hall–Kier alpha value is -2.27. The largest absolute Gasteiger partial charge is 0.354 e. The number of aryl methyl sites for hydroxylation is 2. The molecule has 0 bridgehead atoms. The molecule has 0 radical (unpaired) electrons. The number of aromatic nitrogens is 2. The summed E-state index contributed by atoms with van der Waals surface area (Å²) in [7, 11) is 0. The summed E-state index contributed by atoms with van der Waals surface area (Å²) in [5.74, 6) is 0.928. The number of carbonyl (C=O) groups excluding carboxylic acids is 1. The predicted octanol–water partition coefficient (Wildman–Crippen LogP) is 2.81. The van der Waals surface area contributed by atoms with Gasteiger partial charge in [-0.15, -0.1) is 0 Å². The first-order valence-corrected chi connectivity index (χ1v) is 9.48. The maximum atomic E-state index is 12.7. The normalized spacial score (nSPS) is 17.8. The van der Waals surface area contributed by atoms with Crippen LogP contribution in [0.15, 0.2) is 36.4 Å². The quantitative estimate of drug-likeness (QED) is 0.868. The van der Waals surface area contributed by atoms with E-state index in [1.165, 1.54) is 5.56 Å². The van der Waals surface area contributed by atoms with Crippen LogP contribution in [0.4, 0.5) is 0 Å². The maximum absolute atomic E-state index is 12.7. The number of hydrogen-bond acceptors (Lipinski definition) is 4. The lowest BCUT2D eigenvalue weighted by Crippen LogP contribution is -2.49. The number of likely N-dealkylation sites (tertiary alicyclic amines) is 1. The Morgan fingerprint density at radius 1 is 1.15 bits per heavy atom. The summed E-state index contributed by atoms with van der Waals surface area (Å²) >= 11 is 0. The molecule has 0 saturated carbocycles. The molecule has 0 aliphatic carbocycles. The standard InChI is InChI=1S/C21H28N4O/c1-16-14-17(2)24-20(23-16)11-12-22-21(26)19-10-6-7-13-25(19)15-18-8-4-3-5-9-18/h3-5,8-9,14,19H,6-7,10-13,15H2,1-2H3,(H,22,26)/t19-/m0/s1. The van der Waals surface area contributed by atoms with Crippen molar-refractivity contribution in [2.75, 3.05) is 13.1 Å². The van der Waals surface area contributed by atoms with Crippen LogP contribution in [0.5, 0.6) is 0 Å². The van der Waals surface area contributed by atoms with Gasteiger partial charge in [-0.1, -0.05) is 36.8 Å². The number of piperidine rings is 1. The molecule has 1 saturated heterocycles. The number of nitrogens with zero attached hydrogens (tertiary/aromatic N) is 3. The van der Waals surface area contributed by atoms with E-state index in [2.05, 4.69) is 44.5 Å². The molecular weight excluding hydrogens is 324 g/mol. The third-order valence-electron chi connectivity index (χ3n) is 4.82. The van der Waals surface area contributed by atoms with Crippen molar-refractivity contribution in [1.82, 2.24) is 20.2 Å². The van der Waals surface area contributed by atoms with E-state index in [-0.39, 0.29) is 11.9 Å². The number of amides is 1. The maximum Gasteiger partial charge on any atom is 0.237 e. The van der Waals surface area contributed by atoms with E-state index in [1.807, 2.05) is 26.0 Å². The van der Waals surface area contributed by atoms with Crippen molar-refractivity contribution in [1.29, 1.82) is 0 Å². The van der Waals surface area contributed by atoms with Gasteiger partial charge in [0.15, 0.2) is 0 Å². The Kier molecular flexibility index (Phi) is 6.34. The van der Waals surface area contributed by atoms with Gasteiger partial charge in [0, 0.05) is 30.9 Å². The van der Waals surface area contributed by atoms with Gasteiger partial charge >= 0.3 is 0 Å². The van der Waals surface area contributed by atoms with Crippen LogP contribution < -0.4 is 5.32 Å². The van der Waals surface area contributed by atoms with Crippen LogP contribution in [0.2, 0.25) is 0 Å². The molecule has 1 aliphatic rings. The van der Waals surface area contributed by atoms with Gasteiger partial charge in [0.05, 0.1) is 6.04 Å². The lowest BCUT2D eigenvalue weighted by molar-refractivity contribution is -0.127. The molecule has 0 unspecified atom stereocenters. The van der Waals surface area contributed by atoms with E-state index < -0.39 is 0 Å². The summed E-state index contributed by atoms with van der Waals surface area (Å²) < 4.78 is 0. The average Bonchev–Trinajstić information content (AvgIpc) is 2.62. The molecule has 1 N–H and O–H groups in total. The Balaban J connectivity index is 1.54. The van der Waals surface area contributed by atoms with Crippen LogP contribution in [0.3, 0.4) is 0 Å². The SMILES string of the molecule is Cc1cc(C)nc(CCNC(=O)[C@@H]2CCCCN2Cc2ccccc2)n1. The minimum absolute atomic E-state index is 0.0379. The van der Waals surface area contributed by atoms with Crippen molar-refractivity contribution in [3.05, 3.63) is 59.2 Å². The van der Waals surface area contributed by atoms with Gasteiger partial charge in [0.25, 0.3) is 0 Å². The average molecular weight is 352 g/mol. The van der Waals surface area contributed by atoms with E-state index in [9.17, 15) is 4.79 Å². The fourth-order valence-corrected chi connectivity index (χ4v) is 3.62. The topological polar surface area (TPSA) is 58.1 Å². The molecule has 2 heterocycles. The highest BCUT2D eigenvalue weighted by atomic mass is 16.2. The molecule has 1 amide bonds. The molecule has 5 heteroatoms. The van der Waals surface area contributed by atoms with Gasteiger partial charge in [-0.05, 0) is 44.9 Å². The summed E-state index contributed by atoms with van der Waals surface area (Å²) in [6.45, 7) is 6.34. The van der Waals surface area contributed by atoms with E-state index in [0.717, 1.165) is 49.6 Å². The van der Waals surface area contributed by atoms with Crippen LogP contribution in [-0.4, -0.2) is 39.9 Å². The monoisotopic (exact) mass is 352 g/mol. The first-order chi connectivity index (χ1) is 12.6. The fraction of sp³-hybridized carbons (Fsp3) is 0.476. The van der Waals surface area contributed by atoms with E-state index in [4.69, 9.17) is 0 Å². The minimum atomic E-state index is -0.0379. The third-order valence-corrected chi connectivity index (χ3v) is 4.82. The molecule has 1 fully saturated rings. The van der Waals surface area contributed by atoms with Crippen molar-refractivity contribution >= 4 is 5.91 Å². The van der Waals surface area contributed by atoms with Crippen molar-refractivity contribution in [3.8, 4) is 0 Å². The lowest BCUT2D eigenvalue weighted by Gasteiger charge is -2.34. The van der Waals surface area contributed by atoms with E-state index in [1.54, 1.807) is 0 Å². The number of nitrogens with one attached hydrogen (secondary N) is 1. The summed E-state index contributed by atoms with van der Waals surface area (Å²) in [6, 6.07) is 12.3. The zero-order valence-electron chi connectivity index (χ0n) is 15.7. The van der Waals surface area contributed by atoms with Crippen LogP contribution in [0, 0.1) is 13.8 Å². The van der Waals surface area contributed by atoms with Crippen LogP contribution in [-0.2, 0) is 17.8 Å². The van der Waals surface area contributed by atoms with Crippen molar-refractivity contribution in [2.45, 2.75) is 52.1 Å². The Morgan fingerprint density at radius 3 is 2.62 bits per heavy atom. The molecule has 0 spiro atoms. The summed E-state index contributed by atoms with van der Waals surface area (Å²) in [6.07, 6.45) is 3.87. The number of rotatable bonds is 6. The molecule has 3 rings (SSSR count). The zero-order chi connectivity index (χ0) is 18.4. The predicted molar refractivity (Wildman–Crippen MR) is 103 cm³/mol. The first-order valence-electron chi connectivity index (χ1n) is 9.48. The molecule has 1 aromatic carbocycles. The van der Waals surface area contributed by atoms with E-state index >= 15 is 0 Å². The minimum Gasteiger partial charge on any atom is -0.354 e. The molecule has 5 nitrogen and oxygen atoms in total. The summed E-state index contributed by atoms with van der Waals surface area (Å²) in [4.78, 5) is 23.9. The molecule has 1 atom stereocenters. The Labute approximate surface area is 155 Å². The van der Waals surface area contributed by atoms with Crippen LogP contribution in [0.1, 0.15) is 42.0 Å². The Bertz CT molecular complexity index is 712. The smallest absolute Gasteiger partial charge is 0.237 e. The second-order valence-electron chi connectivity index (χ2n) is 7.08. The molecular formula is C21H28N4O. The summed E-state index contributed by atoms with van der Waals surface area (Å²) in [5.41, 5.74) is 3.20. The number of hydrogen-bond donors (Lipinski definition) is 1. The van der Waals surface area contributed by atoms with Gasteiger partial charge in [-0.25, -0.2) is 9.97 Å². The highest BCUT2D eigenvalue weighted by Gasteiger charge is 2.28. The molecule has 26 heavy (non-hydrogen) atoms. The second kappa shape index (κ2) is 8.90. The number of carbonyl (C=O) groups is 1. The fourth-order valence-electron chi connectivity index (χ4n) is 3.62. The van der Waals surface area contributed by atoms with Crippen LogP contribution >= 0.6 is 0 Å². The Morgan fingerprint density at radius 2 is 1.88 bits per heavy atom. The van der Waals surface area contributed by atoms with Crippen LogP contribution in [0.25, 0.3) is 0 Å². The van der Waals surface area contributed by atoms with Crippen molar-refractivity contribution in [3.63, 3.8) is 0 Å². The third kappa shape index (κ3) is 5.11. The zero-order valence-corrected chi connectivity index (χ0v) is 15.7. The van der Waals surface area contributed by atoms with E-state index in [0.29, 0.717) is 13.0 Å². The van der Waals surface area contributed by atoms with Gasteiger partial charge in [0.2, 0.25) is 5.91 Å². The molecule has 138 valence electrons. The summed E-state index contributed by atoms with van der Waals surface area (Å²) in [5, 5.41) is 3.09. The first kappa shape index (κ1) is 18.5. The lowest BCUT2D eigenvalue weighted by atomic mass is 10.0. The van der Waals surface area contributed by atoms with Gasteiger partial charge in [-0.3, -0.25) is 9.69 Å². The second-order valence-corrected chi connectivity index (χ2v) is 7.08.